The van der Waals surface area contributed by atoms with E-state index in [1.165, 1.54) is 11.1 Å². The molecule has 0 radical (unpaired) electrons. The quantitative estimate of drug-likeness (QED) is 0.663. The number of nitrogens with one attached hydrogen (secondary N) is 2. The maximum atomic E-state index is 12.8. The Hall–Kier alpha value is -0.380. The van der Waals surface area contributed by atoms with Crippen molar-refractivity contribution < 1.29 is 13.2 Å². The van der Waals surface area contributed by atoms with Crippen molar-refractivity contribution in [3.63, 3.8) is 0 Å². The fraction of sp³-hybridized carbons (Fsp3) is 0.722. The Balaban J connectivity index is 0.00000196. The summed E-state index contributed by atoms with van der Waals surface area (Å²) in [6, 6.07) is 4.23. The van der Waals surface area contributed by atoms with Gasteiger partial charge in [0.1, 0.15) is 0 Å². The first-order chi connectivity index (χ1) is 12.4. The molecule has 1 aromatic heterocycles. The fourth-order valence-corrected chi connectivity index (χ4v) is 6.18. The van der Waals surface area contributed by atoms with E-state index >= 15 is 0 Å². The van der Waals surface area contributed by atoms with E-state index in [1.54, 1.807) is 11.3 Å². The van der Waals surface area contributed by atoms with E-state index in [0.29, 0.717) is 38.4 Å². The Morgan fingerprint density at radius 1 is 1.36 bits per heavy atom. The van der Waals surface area contributed by atoms with E-state index < -0.39 is 14.6 Å². The average molecular weight is 473 g/mol. The van der Waals surface area contributed by atoms with Crippen LogP contribution in [0.1, 0.15) is 30.6 Å². The molecule has 1 amide bonds. The minimum Gasteiger partial charge on any atom is -0.354 e. The van der Waals surface area contributed by atoms with Crippen LogP contribution < -0.4 is 10.6 Å². The number of halogens is 2. The predicted molar refractivity (Wildman–Crippen MR) is 120 cm³/mol. The van der Waals surface area contributed by atoms with Crippen molar-refractivity contribution in [3.8, 4) is 0 Å². The van der Waals surface area contributed by atoms with E-state index in [4.69, 9.17) is 0 Å². The van der Waals surface area contributed by atoms with Gasteiger partial charge in [-0.1, -0.05) is 6.07 Å². The molecule has 2 aliphatic heterocycles. The third-order valence-electron chi connectivity index (χ3n) is 5.65. The molecule has 0 aliphatic carbocycles. The highest BCUT2D eigenvalue weighted by Gasteiger charge is 2.48. The lowest BCUT2D eigenvalue weighted by Gasteiger charge is -2.36. The van der Waals surface area contributed by atoms with Crippen LogP contribution in [0.15, 0.2) is 17.5 Å². The van der Waals surface area contributed by atoms with Gasteiger partial charge >= 0.3 is 0 Å². The molecule has 1 atom stereocenters. The highest BCUT2D eigenvalue weighted by molar-refractivity contribution is 7.92. The Morgan fingerprint density at radius 2 is 2.07 bits per heavy atom. The summed E-state index contributed by atoms with van der Waals surface area (Å²) in [6.45, 7) is 4.69. The molecule has 28 heavy (non-hydrogen) atoms. The van der Waals surface area contributed by atoms with Gasteiger partial charge in [0, 0.05) is 30.8 Å². The number of carbonyl (C=O) groups is 1. The summed E-state index contributed by atoms with van der Waals surface area (Å²) in [7, 11) is -3.45. The number of hydrogen-bond donors (Lipinski definition) is 2. The second-order valence-corrected chi connectivity index (χ2v) is 10.9. The maximum Gasteiger partial charge on any atom is 0.241 e. The van der Waals surface area contributed by atoms with Gasteiger partial charge in [-0.05, 0) is 62.7 Å². The Morgan fingerprint density at radius 3 is 2.68 bits per heavy atom. The predicted octanol–water partition coefficient (Wildman–Crippen LogP) is 2.09. The number of amides is 1. The van der Waals surface area contributed by atoms with E-state index in [2.05, 4.69) is 33.0 Å². The third-order valence-corrected chi connectivity index (χ3v) is 8.52. The van der Waals surface area contributed by atoms with Crippen molar-refractivity contribution in [2.75, 3.05) is 39.0 Å². The monoisotopic (exact) mass is 471 g/mol. The Bertz CT molecular complexity index is 708. The van der Waals surface area contributed by atoms with Crippen LogP contribution in [0.3, 0.4) is 0 Å². The van der Waals surface area contributed by atoms with Crippen molar-refractivity contribution >= 4 is 51.9 Å². The van der Waals surface area contributed by atoms with Crippen LogP contribution in [0, 0.1) is 5.92 Å². The van der Waals surface area contributed by atoms with Crippen molar-refractivity contribution in [1.29, 1.82) is 0 Å². The highest BCUT2D eigenvalue weighted by Crippen LogP contribution is 2.28. The molecule has 3 rings (SSSR count). The Kier molecular flexibility index (Phi) is 10.2. The summed E-state index contributed by atoms with van der Waals surface area (Å²) in [4.78, 5) is 16.6. The van der Waals surface area contributed by atoms with Crippen LogP contribution in [0.5, 0.6) is 0 Å². The topological polar surface area (TPSA) is 78.5 Å². The number of carbonyl (C=O) groups excluding carboxylic acids is 1. The third kappa shape index (κ3) is 6.06. The average Bonchev–Trinajstić information content (AvgIpc) is 3.12. The lowest BCUT2D eigenvalue weighted by molar-refractivity contribution is -0.124. The molecule has 0 bridgehead atoms. The van der Waals surface area contributed by atoms with Crippen LogP contribution in [0.25, 0.3) is 0 Å². The molecule has 6 nitrogen and oxygen atoms in total. The zero-order chi connectivity index (χ0) is 18.6. The lowest BCUT2D eigenvalue weighted by atomic mass is 9.94. The van der Waals surface area contributed by atoms with E-state index in [-0.39, 0.29) is 30.7 Å². The van der Waals surface area contributed by atoms with Gasteiger partial charge in [-0.25, -0.2) is 8.42 Å². The van der Waals surface area contributed by atoms with Crippen molar-refractivity contribution in [1.82, 2.24) is 15.5 Å². The second-order valence-electron chi connectivity index (χ2n) is 7.55. The van der Waals surface area contributed by atoms with Crippen molar-refractivity contribution in [2.45, 2.75) is 37.0 Å². The molecule has 2 aliphatic rings. The van der Waals surface area contributed by atoms with E-state index in [0.717, 1.165) is 32.5 Å². The van der Waals surface area contributed by atoms with Gasteiger partial charge in [-0.15, -0.1) is 36.2 Å². The summed E-state index contributed by atoms with van der Waals surface area (Å²) >= 11 is 1.77. The zero-order valence-corrected chi connectivity index (χ0v) is 19.5. The smallest absolute Gasteiger partial charge is 0.241 e. The van der Waals surface area contributed by atoms with Gasteiger partial charge in [0.05, 0.1) is 0 Å². The van der Waals surface area contributed by atoms with Gasteiger partial charge in [0.25, 0.3) is 0 Å². The van der Waals surface area contributed by atoms with Gasteiger partial charge in [0.15, 0.2) is 14.6 Å². The summed E-state index contributed by atoms with van der Waals surface area (Å²) in [6.07, 6.45) is 4.10. The first-order valence-electron chi connectivity index (χ1n) is 9.34. The summed E-state index contributed by atoms with van der Waals surface area (Å²) < 4.78 is 23.4. The molecule has 0 saturated carbocycles. The van der Waals surface area contributed by atoms with E-state index in [1.807, 2.05) is 0 Å². The molecule has 2 N–H and O–H groups in total. The largest absolute Gasteiger partial charge is 0.354 e. The number of hydrogen-bond acceptors (Lipinski definition) is 6. The molecule has 1 unspecified atom stereocenters. The van der Waals surface area contributed by atoms with Crippen LogP contribution in [-0.2, 0) is 21.2 Å². The zero-order valence-electron chi connectivity index (χ0n) is 16.2. The molecule has 2 fully saturated rings. The van der Waals surface area contributed by atoms with E-state index in [9.17, 15) is 13.2 Å². The first kappa shape index (κ1) is 25.7. The highest BCUT2D eigenvalue weighted by atomic mass is 35.5. The summed E-state index contributed by atoms with van der Waals surface area (Å²) in [5.74, 6) is 0.0721. The number of rotatable bonds is 6. The summed E-state index contributed by atoms with van der Waals surface area (Å²) in [5.41, 5.74) is 0. The lowest BCUT2D eigenvalue weighted by Crippen LogP contribution is -2.58. The summed E-state index contributed by atoms with van der Waals surface area (Å²) in [5, 5.41) is 8.23. The van der Waals surface area contributed by atoms with Crippen LogP contribution in [0.2, 0.25) is 0 Å². The molecular formula is C18H31Cl2N3O3S2. The molecule has 0 spiro atoms. The van der Waals surface area contributed by atoms with Gasteiger partial charge < -0.3 is 10.6 Å². The van der Waals surface area contributed by atoms with Crippen LogP contribution >= 0.6 is 36.2 Å². The molecule has 0 aromatic carbocycles. The number of nitrogens with zero attached hydrogens (tertiary/aromatic N) is 1. The number of piperidine rings is 2. The van der Waals surface area contributed by atoms with Gasteiger partial charge in [-0.2, -0.15) is 0 Å². The number of thiophene rings is 1. The normalized spacial score (nSPS) is 22.5. The van der Waals surface area contributed by atoms with Crippen LogP contribution in [0.4, 0.5) is 0 Å². The van der Waals surface area contributed by atoms with Gasteiger partial charge in [-0.3, -0.25) is 9.69 Å². The molecule has 162 valence electrons. The molecule has 10 heteroatoms. The van der Waals surface area contributed by atoms with Crippen molar-refractivity contribution in [2.24, 2.45) is 5.92 Å². The molecular weight excluding hydrogens is 441 g/mol. The fourth-order valence-electron chi connectivity index (χ4n) is 4.08. The molecule has 2 saturated heterocycles. The minimum absolute atomic E-state index is 0. The molecule has 3 heterocycles. The Labute approximate surface area is 184 Å². The van der Waals surface area contributed by atoms with Gasteiger partial charge in [0.2, 0.25) is 5.91 Å². The SMILES string of the molecule is CS(=O)(=O)C1(C(=O)NCC2CCCN(Cc3cccs3)C2)CCNCC1.Cl.Cl. The second kappa shape index (κ2) is 11.1. The first-order valence-corrected chi connectivity index (χ1v) is 12.1. The molecule has 1 aromatic rings. The number of likely N-dealkylation sites (tertiary alicyclic amines) is 1. The standard InChI is InChI=1S/C18H29N3O3S2.2ClH/c1-26(23,24)18(6-8-19-9-7-18)17(22)20-12-15-4-2-10-21(13-15)14-16-5-3-11-25-16;;/h3,5,11,15,19H,2,4,6-10,12-14H2,1H3,(H,20,22);2*1H. The van der Waals surface area contributed by atoms with Crippen LogP contribution in [-0.4, -0.2) is 63.0 Å². The maximum absolute atomic E-state index is 12.8. The number of sulfone groups is 1. The minimum atomic E-state index is -3.45. The van der Waals surface area contributed by atoms with Crippen molar-refractivity contribution in [3.05, 3.63) is 22.4 Å².